The first-order chi connectivity index (χ1) is 69.0. The van der Waals surface area contributed by atoms with Gasteiger partial charge in [0.1, 0.15) is 11.8 Å². The Kier molecular flexibility index (Phi) is 54.4. The molecule has 3 aliphatic rings. The molecule has 0 spiro atoms. The van der Waals surface area contributed by atoms with Crippen LogP contribution in [0.3, 0.4) is 0 Å². The summed E-state index contributed by atoms with van der Waals surface area (Å²) in [6.45, 7) is 22.1. The van der Waals surface area contributed by atoms with Crippen molar-refractivity contribution in [2.45, 2.75) is 304 Å². The average Bonchev–Trinajstić information content (AvgIpc) is 1.60. The number of benzene rings is 2. The van der Waals surface area contributed by atoms with Crippen molar-refractivity contribution in [1.29, 1.82) is 0 Å². The predicted molar refractivity (Wildman–Crippen MR) is 548 cm³/mol. The molecule has 2 fully saturated rings. The molecule has 2 saturated heterocycles. The normalized spacial score (nSPS) is 22.1. The third kappa shape index (κ3) is 44.6. The average molecular weight is 2080 g/mol. The molecule has 43 heteroatoms. The van der Waals surface area contributed by atoms with E-state index in [1.165, 1.54) is 59.6 Å². The number of hydrogen-bond acceptors (Lipinski definition) is 26. The van der Waals surface area contributed by atoms with Crippen LogP contribution in [0.15, 0.2) is 66.0 Å². The highest BCUT2D eigenvalue weighted by atomic mass is 32.2. The van der Waals surface area contributed by atoms with E-state index in [-0.39, 0.29) is 155 Å². The number of aliphatic imine (C=N–C) groups is 1. The quantitative estimate of drug-likeness (QED) is 0.0198. The number of carbonyl (C=O) groups is 21. The molecular weight excluding hydrogens is 1920 g/mol. The first-order valence-electron chi connectivity index (χ1n) is 50.7. The summed E-state index contributed by atoms with van der Waals surface area (Å²) in [6.07, 6.45) is 1.53. The standard InChI is InChI=1S/C56H82N8O17.C47H73N9O7S2/c1-7-32(5)38-27-46(69)41(28-48(71)57-20-10-9-12-39(44(67)8-2)61-54(79)36(26-52(76)77)25-45(68)40(22-31(3)4)63-55(38)80)62-53(78)35(16-19-51(74)75)24-47(70)43-13-11-21-64(43)56(81)42(23-34-14-17-37(66)18-15-34)60-50(73)30-59-49(72)29-58-33(6)65;1-8-29(6)42-41(59)18-33(43(48)60)24-64-22-31-11-9-12-32(17-31)23-65-25-34(19-39(57)38(15-27(2)3)55-44(61)30(7)16-35-21-51-26-53-35)45(62)54-37(13-10-14-52-47(49)50)40(58)20-36(28(4)5)46(63)56-42/h14-15,17-18,31-32,35-36,38-43,66H,7-13,16,19-30H2,1-6H3,(H,57,71)(H,58,65)(H,59,72)(H,60,73)(H,61,79)(H,62,78)(H,63,80)(H,74,75)(H,76,77);9,11-12,17,21,26-30,33-34,36-38,42H,8,10,13-16,18-20,22-25H2,1-7H3,(H2,48,60)(H,51,53)(H,54,62)(H,55,61)(H,56,63)(H4,49,50,52)/t32-,35?,36-,38?,39-,40-,41?,42-,43-;29-,30-,33?,34?,36?,37?,38?,42?/m00/s1. The number of amides is 12. The van der Waals surface area contributed by atoms with Crippen molar-refractivity contribution in [1.82, 2.24) is 68.0 Å². The Morgan fingerprint density at radius 3 is 1.86 bits per heavy atom. The topological polar surface area (TPSA) is 662 Å². The smallest absolute Gasteiger partial charge is 0.304 e. The molecule has 1 aromatic heterocycles. The molecule has 146 heavy (non-hydrogen) atoms. The van der Waals surface area contributed by atoms with Crippen LogP contribution in [0.25, 0.3) is 0 Å². The molecule has 12 amide bonds. The summed E-state index contributed by atoms with van der Waals surface area (Å²) < 4.78 is 0. The number of phenols is 1. The Bertz CT molecular complexity index is 4970. The molecule has 0 radical (unpaired) electrons. The van der Waals surface area contributed by atoms with Gasteiger partial charge in [-0.25, -0.2) is 4.98 Å². The number of hydrogen-bond donors (Lipinski definition) is 17. The van der Waals surface area contributed by atoms with Gasteiger partial charge in [0, 0.05) is 149 Å². The summed E-state index contributed by atoms with van der Waals surface area (Å²) in [7, 11) is 0. The SMILES string of the molecule is CCC(=O)[C@@H]1CCCCNC(=O)CC(NC(=O)C(CCC(=O)O)CC(=O)[C@@H]2CCCN2C(=O)[C@H](Cc2ccc(O)cc2)NC(=O)CNC(=O)CNC(C)=O)C(=O)CC([C@@H](C)CC)C(=O)N[C@@H](CC(C)C)C(=O)C[C@@H](CC(=O)O)C(=O)N1.CC[C@H](C)C1NC(=O)C(C(C)C)CC(=O)C(CCCN=C(N)N)NC(=O)C(CC(=O)C(CC(C)C)NC(=O)[C@@H](C)Cc2cnc[nH]2)CSCc2cccc(c2)CSCC(C(N)=O)CC1=O. The van der Waals surface area contributed by atoms with Crippen molar-refractivity contribution >= 4 is 153 Å². The number of nitrogens with two attached hydrogens (primary N) is 3. The van der Waals surface area contributed by atoms with Crippen molar-refractivity contribution in [3.05, 3.63) is 83.4 Å². The van der Waals surface area contributed by atoms with E-state index in [4.69, 9.17) is 17.2 Å². The third-order valence-electron chi connectivity index (χ3n) is 26.4. The zero-order valence-electron chi connectivity index (χ0n) is 86.5. The van der Waals surface area contributed by atoms with Crippen LogP contribution in [0, 0.1) is 71.0 Å². The van der Waals surface area contributed by atoms with Crippen LogP contribution in [-0.2, 0) is 125 Å². The number of primary amides is 1. The Balaban J connectivity index is 0.000000526. The largest absolute Gasteiger partial charge is 0.508 e. The molecule has 6 rings (SSSR count). The molecule has 0 saturated carbocycles. The van der Waals surface area contributed by atoms with Crippen LogP contribution >= 0.6 is 23.5 Å². The summed E-state index contributed by atoms with van der Waals surface area (Å²) in [5, 5.41) is 56.1. The van der Waals surface area contributed by atoms with Crippen LogP contribution in [0.5, 0.6) is 5.75 Å². The second-order valence-electron chi connectivity index (χ2n) is 39.7. The Labute approximate surface area is 862 Å². The number of guanidine groups is 1. The Morgan fingerprint density at radius 1 is 0.616 bits per heavy atom. The van der Waals surface area contributed by atoms with Crippen LogP contribution in [0.4, 0.5) is 0 Å². The maximum absolute atomic E-state index is 14.6. The highest BCUT2D eigenvalue weighted by molar-refractivity contribution is 7.98. The van der Waals surface area contributed by atoms with Gasteiger partial charge in [-0.2, -0.15) is 23.5 Å². The second-order valence-corrected chi connectivity index (χ2v) is 41.8. The van der Waals surface area contributed by atoms with Gasteiger partial charge in [0.2, 0.25) is 70.9 Å². The zero-order chi connectivity index (χ0) is 109. The number of fused-ring (bicyclic) bond motifs is 2. The van der Waals surface area contributed by atoms with Gasteiger partial charge in [0.05, 0.1) is 92.3 Å². The van der Waals surface area contributed by atoms with E-state index >= 15 is 0 Å². The van der Waals surface area contributed by atoms with Gasteiger partial charge >= 0.3 is 11.9 Å². The molecule has 3 aliphatic heterocycles. The molecule has 41 nitrogen and oxygen atoms in total. The fourth-order valence-electron chi connectivity index (χ4n) is 17.4. The van der Waals surface area contributed by atoms with Crippen molar-refractivity contribution in [3.8, 4) is 5.75 Å². The molecule has 9 unspecified atom stereocenters. The minimum absolute atomic E-state index is 0.00226. The van der Waals surface area contributed by atoms with E-state index in [0.29, 0.717) is 61.3 Å². The number of aromatic hydroxyl groups is 1. The molecule has 4 heterocycles. The number of aromatic amines is 1. The van der Waals surface area contributed by atoms with Crippen molar-refractivity contribution in [2.24, 2.45) is 93.2 Å². The van der Waals surface area contributed by atoms with Gasteiger partial charge in [-0.3, -0.25) is 106 Å². The first-order valence-corrected chi connectivity index (χ1v) is 53.0. The minimum Gasteiger partial charge on any atom is -0.508 e. The molecule has 2 bridgehead atoms. The van der Waals surface area contributed by atoms with Crippen LogP contribution in [-0.4, -0.2) is 252 Å². The monoisotopic (exact) mass is 2080 g/mol. The number of ketones is 7. The summed E-state index contributed by atoms with van der Waals surface area (Å²) in [4.78, 5) is 297. The minimum atomic E-state index is -1.64. The number of carbonyl (C=O) groups excluding carboxylic acids is 19. The number of imidazole rings is 1. The zero-order valence-corrected chi connectivity index (χ0v) is 88.1. The number of carboxylic acids is 2. The second kappa shape index (κ2) is 64.0. The van der Waals surface area contributed by atoms with Crippen molar-refractivity contribution < 1.29 is 116 Å². The number of H-pyrrole nitrogens is 1. The number of aromatic nitrogens is 2. The Morgan fingerprint density at radius 2 is 1.25 bits per heavy atom. The fourth-order valence-corrected chi connectivity index (χ4v) is 19.6. The van der Waals surface area contributed by atoms with E-state index in [1.54, 1.807) is 54.1 Å². The van der Waals surface area contributed by atoms with E-state index in [2.05, 4.69) is 68.1 Å². The lowest BCUT2D eigenvalue weighted by Crippen LogP contribution is -2.54. The third-order valence-corrected chi connectivity index (χ3v) is 28.7. The fraction of sp³-hybridized carbons (Fsp3) is 0.641. The van der Waals surface area contributed by atoms with Gasteiger partial charge < -0.3 is 95.6 Å². The number of Topliss-reactive ketones (excluding diaryl/α,β-unsaturated/α-hetero) is 7. The van der Waals surface area contributed by atoms with E-state index in [1.807, 2.05) is 65.8 Å². The lowest BCUT2D eigenvalue weighted by Gasteiger charge is -2.30. The number of rotatable bonds is 41. The van der Waals surface area contributed by atoms with E-state index in [0.717, 1.165) is 16.8 Å². The van der Waals surface area contributed by atoms with Crippen LogP contribution in [0.2, 0.25) is 0 Å². The molecule has 17 atom stereocenters. The lowest BCUT2D eigenvalue weighted by molar-refractivity contribution is -0.143. The van der Waals surface area contributed by atoms with Crippen LogP contribution < -0.4 is 70.4 Å². The van der Waals surface area contributed by atoms with Gasteiger partial charge in [-0.05, 0) is 123 Å². The van der Waals surface area contributed by atoms with Gasteiger partial charge in [0.15, 0.2) is 46.4 Å². The van der Waals surface area contributed by atoms with E-state index in [9.17, 15) is 116 Å². The number of phenolic OH excluding ortho intramolecular Hbond substituents is 1. The molecule has 0 aliphatic carbocycles. The number of thioether (sulfide) groups is 2. The predicted octanol–water partition coefficient (Wildman–Crippen LogP) is 5.18. The summed E-state index contributed by atoms with van der Waals surface area (Å²) in [5.41, 5.74) is 20.2. The Hall–Kier alpha value is -12.3. The van der Waals surface area contributed by atoms with Gasteiger partial charge in [-0.15, -0.1) is 0 Å². The van der Waals surface area contributed by atoms with Crippen molar-refractivity contribution in [3.63, 3.8) is 0 Å². The summed E-state index contributed by atoms with van der Waals surface area (Å²) in [6, 6.07) is 4.46. The number of nitrogens with zero attached hydrogens (tertiary/aromatic N) is 3. The maximum atomic E-state index is 14.6. The van der Waals surface area contributed by atoms with Gasteiger partial charge in [-0.1, -0.05) is 132 Å². The lowest BCUT2D eigenvalue weighted by atomic mass is 9.84. The highest BCUT2D eigenvalue weighted by Crippen LogP contribution is 2.32. The number of likely N-dealkylation sites (tertiary alicyclic amines) is 1. The molecule has 20 N–H and O–H groups in total. The maximum Gasteiger partial charge on any atom is 0.304 e. The molecule has 2 aromatic carbocycles. The highest BCUT2D eigenvalue weighted by Gasteiger charge is 2.44. The number of nitrogens with one attached hydrogen (secondary N) is 11. The first kappa shape index (κ1) is 124. The number of aliphatic carboxylic acids is 2. The van der Waals surface area contributed by atoms with Crippen LogP contribution in [0.1, 0.15) is 254 Å². The van der Waals surface area contributed by atoms with Gasteiger partial charge in [0.25, 0.3) is 0 Å². The molecule has 3 aromatic rings. The van der Waals surface area contributed by atoms with Crippen molar-refractivity contribution in [2.75, 3.05) is 44.2 Å². The molecular formula is C103H155N17O24S2. The van der Waals surface area contributed by atoms with E-state index < -0.39 is 254 Å². The number of carboxylic acid groups (broad SMARTS) is 2. The molecule has 808 valence electrons. The summed E-state index contributed by atoms with van der Waals surface area (Å²) in [5.74, 6) is -20.8. The summed E-state index contributed by atoms with van der Waals surface area (Å²) >= 11 is 2.96.